The zero-order valence-electron chi connectivity index (χ0n) is 80.4. The van der Waals surface area contributed by atoms with Crippen molar-refractivity contribution in [3.63, 3.8) is 0 Å². The summed E-state index contributed by atoms with van der Waals surface area (Å²) in [5.74, 6) is -20.7. The number of aromatic nitrogens is 4. The first-order chi connectivity index (χ1) is 69.5. The second-order valence-corrected chi connectivity index (χ2v) is 41.6. The van der Waals surface area contributed by atoms with E-state index in [9.17, 15) is 169 Å². The predicted molar refractivity (Wildman–Crippen MR) is 536 cm³/mol. The highest BCUT2D eigenvalue weighted by molar-refractivity contribution is 8.76. The maximum atomic E-state index is 14.8. The number of hydrogen-bond acceptors (Lipinski definition) is 40. The average Bonchev–Trinajstić information content (AvgIpc) is 1.61. The van der Waals surface area contributed by atoms with Crippen LogP contribution in [-0.2, 0) is 84.7 Å². The number of thiophene rings is 1. The Morgan fingerprint density at radius 3 is 1.41 bits per heavy atom. The van der Waals surface area contributed by atoms with Crippen molar-refractivity contribution >= 4 is 163 Å². The van der Waals surface area contributed by atoms with Crippen molar-refractivity contribution in [1.29, 1.82) is 0 Å². The summed E-state index contributed by atoms with van der Waals surface area (Å²) in [4.78, 5) is 227. The van der Waals surface area contributed by atoms with E-state index in [1.54, 1.807) is 18.3 Å². The number of H-pyrrole nitrogens is 2. The summed E-state index contributed by atoms with van der Waals surface area (Å²) in [6.07, 6.45) is -30.8. The van der Waals surface area contributed by atoms with Gasteiger partial charge in [-0.1, -0.05) is 65.4 Å². The van der Waals surface area contributed by atoms with Crippen LogP contribution in [0.1, 0.15) is 167 Å². The summed E-state index contributed by atoms with van der Waals surface area (Å²) in [5.41, 5.74) is 10.9. The first kappa shape index (κ1) is 125. The second-order valence-electron chi connectivity index (χ2n) is 35.7. The van der Waals surface area contributed by atoms with Crippen LogP contribution in [0, 0.1) is 23.7 Å². The van der Waals surface area contributed by atoms with Gasteiger partial charge in [0.2, 0.25) is 41.4 Å². The molecule has 0 saturated heterocycles. The van der Waals surface area contributed by atoms with Crippen molar-refractivity contribution in [2.45, 2.75) is 249 Å². The Hall–Kier alpha value is -10.8. The molecule has 4 aromatic heterocycles. The molecule has 1 aliphatic rings. The number of nitrogens with two attached hydrogens (primary N) is 1. The molecule has 0 spiro atoms. The maximum Gasteiger partial charge on any atom is 0.327 e. The minimum Gasteiger partial charge on any atom is -0.481 e. The van der Waals surface area contributed by atoms with E-state index in [1.807, 2.05) is 72.8 Å². The van der Waals surface area contributed by atoms with Crippen LogP contribution >= 0.6 is 57.3 Å². The number of pyridine rings is 1. The number of carboxylic acid groups (broad SMARTS) is 4. The third-order valence-electron chi connectivity index (χ3n) is 23.9. The lowest BCUT2D eigenvalue weighted by molar-refractivity contribution is -0.146. The van der Waals surface area contributed by atoms with E-state index in [0.717, 1.165) is 44.3 Å². The molecule has 2 aromatic carbocycles. The quantitative estimate of drug-likeness (QED) is 0.00653. The molecule has 1 aliphatic carbocycles. The number of carbonyl (C=O) groups is 15. The lowest BCUT2D eigenvalue weighted by Gasteiger charge is -2.29. The molecule has 0 unspecified atom stereocenters. The number of aliphatic hydroxyl groups is 15. The first-order valence-electron chi connectivity index (χ1n) is 47.1. The summed E-state index contributed by atoms with van der Waals surface area (Å²) >= 11 is 7.03. The summed E-state index contributed by atoms with van der Waals surface area (Å²) in [7, 11) is 3.00. The molecule has 29 N–H and O–H groups in total. The number of thiol groups is 1. The fraction of sp³-hybridized carbons (Fsp3) is 0.558. The number of nitrogens with one attached hydrogen (secondary N) is 8. The van der Waals surface area contributed by atoms with E-state index in [-0.39, 0.29) is 61.3 Å². The van der Waals surface area contributed by atoms with Gasteiger partial charge in [-0.15, -0.1) is 11.3 Å². The van der Waals surface area contributed by atoms with Crippen molar-refractivity contribution in [3.8, 4) is 11.1 Å². The van der Waals surface area contributed by atoms with Crippen molar-refractivity contribution in [1.82, 2.24) is 51.8 Å². The van der Waals surface area contributed by atoms with Crippen LogP contribution in [0.3, 0.4) is 0 Å². The third-order valence-corrected chi connectivity index (χ3v) is 28.7. The van der Waals surface area contributed by atoms with Gasteiger partial charge in [0.15, 0.2) is 17.3 Å². The number of carbonyl (C=O) groups excluding carboxylic acids is 11. The van der Waals surface area contributed by atoms with E-state index in [1.165, 1.54) is 58.5 Å². The lowest BCUT2D eigenvalue weighted by Crippen LogP contribution is -2.53. The van der Waals surface area contributed by atoms with Crippen LogP contribution in [0.15, 0.2) is 101 Å². The third kappa shape index (κ3) is 42.3. The number of aliphatic carboxylic acids is 4. The highest BCUT2D eigenvalue weighted by atomic mass is 33.1. The Morgan fingerprint density at radius 1 is 0.510 bits per heavy atom. The molecule has 0 saturated carbocycles. The number of rotatable bonds is 70. The van der Waals surface area contributed by atoms with E-state index >= 15 is 0 Å². The van der Waals surface area contributed by atoms with Gasteiger partial charge in [-0.2, -0.15) is 29.4 Å². The topological polar surface area (TPSA) is 822 Å². The van der Waals surface area contributed by atoms with Crippen LogP contribution in [0.5, 0.6) is 0 Å². The number of ether oxygens (including phenoxy) is 1. The largest absolute Gasteiger partial charge is 0.481 e. The van der Waals surface area contributed by atoms with Crippen LogP contribution in [0.2, 0.25) is 0 Å². The van der Waals surface area contributed by atoms with Crippen molar-refractivity contribution < 1.29 is 174 Å². The van der Waals surface area contributed by atoms with Gasteiger partial charge >= 0.3 is 29.8 Å². The molecule has 6 aromatic rings. The van der Waals surface area contributed by atoms with E-state index < -0.39 is 325 Å². The number of benzene rings is 2. The number of carboxylic acids is 4. The molecule has 0 fully saturated rings. The number of amides is 6. The monoisotopic (exact) mass is 2160 g/mol. The van der Waals surface area contributed by atoms with E-state index in [4.69, 9.17) is 15.6 Å². The summed E-state index contributed by atoms with van der Waals surface area (Å²) in [6.45, 7) is -2.70. The average molecular weight is 2160 g/mol. The number of thioether (sulfide) groups is 1. The zero-order chi connectivity index (χ0) is 109. The molecule has 4 heterocycles. The number of hydrogen-bond donors (Lipinski definition) is 29. The van der Waals surface area contributed by atoms with Gasteiger partial charge < -0.3 is 144 Å². The minimum absolute atomic E-state index is 0.0296. The van der Waals surface area contributed by atoms with Crippen LogP contribution in [-0.4, -0.2) is 365 Å². The van der Waals surface area contributed by atoms with Gasteiger partial charge in [0.1, 0.15) is 84.0 Å². The maximum absolute atomic E-state index is 14.8. The van der Waals surface area contributed by atoms with Gasteiger partial charge in [0, 0.05) is 153 Å². The number of ketones is 4. The highest BCUT2D eigenvalue weighted by Gasteiger charge is 2.41. The lowest BCUT2D eigenvalue weighted by atomic mass is 9.89. The minimum atomic E-state index is -2.17. The number of nitrogen functional groups attached to an aromatic ring is 1. The first-order valence-corrected chi connectivity index (χ1v) is 51.8. The number of fused-ring (bicyclic) bond motifs is 4. The van der Waals surface area contributed by atoms with Crippen LogP contribution in [0.4, 0.5) is 5.95 Å². The van der Waals surface area contributed by atoms with E-state index in [0.29, 0.717) is 40.3 Å². The Bertz CT molecular complexity index is 5360. The number of aryl methyl sites for hydroxylation is 2. The Balaban J connectivity index is 0.000000662. The number of Topliss-reactive ketones (excluding diaryl/α,β-unsaturated/α-hetero) is 4. The standard InChI is InChI=1S/C68H102N6O30S2.C27H29N5O6S3/c1-68(2,105)63(67(103)104)74-66(102)35(13-18-54(89)71-28-48(83)59(96)62(99)51(86)31-77)25-45(80)43(15-20-56(92)93)73-65(101)34(12-17-53(88)70-27-47(82)58(95)61(98)50(85)30-76)24-44(79)42(14-19-55(90)91)72-64(100)33(11-16-52(87)69-26-46(81)57(94)60(97)49(84)29-75)23-36(78)21-22-106-32-41-39-9-5-3-7-37(39)38-8-4-6-10-40(38)41;28-27-31-24-19(25(35)32-27)15-17(30-24)4-3-5-18-8-9-21(40-18)20(33)14-16(26(36)37)7-10-23(34)38-12-13-39-41-22-6-1-2-11-29-22/h3-10,33-35,41-43,46-51,57-63,75-77,81-86,94-99,105H,11-32H2,1-2H3,(H,69,87)(H,70,88)(H,71,89)(H,72,100)(H,73,101)(H,74,102)(H,90,91)(H,92,93)(H,103,104);1-2,6,8-9,11,15-16H,3-5,7,10,12-14H2,(H,36,37)(H4,28,30,31,32,35)/t33-,34-,35-,42+,43+,46+,47+,48+,49-,50-,51-,57-,58-,59-,60-,61-,62-,63-;16-/m11/s1. The van der Waals surface area contributed by atoms with Crippen LogP contribution in [0.25, 0.3) is 22.2 Å². The van der Waals surface area contributed by atoms with Gasteiger partial charge in [-0.3, -0.25) is 76.9 Å². The molecule has 0 aliphatic heterocycles. The molecular formula is C95H131N11O36S5. The van der Waals surface area contributed by atoms with Crippen molar-refractivity contribution in [3.05, 3.63) is 128 Å². The summed E-state index contributed by atoms with van der Waals surface area (Å²) < 4.78 is 3.69. The molecule has 147 heavy (non-hydrogen) atoms. The van der Waals surface area contributed by atoms with Crippen molar-refractivity contribution in [2.75, 3.05) is 69.1 Å². The SMILES string of the molecule is CC(C)(S)[C@H](NC(=O)[C@H](CCC(=O)NC[C@H](O)[C@@H](O)[C@H](O)[C@H](O)CO)CC(=O)[C@H](CCC(=O)O)NC(=O)[C@H](CCC(=O)NC[C@H](O)[C@@H](O)[C@H](O)[C@H](O)CO)CC(=O)[C@H](CCC(=O)O)NC(=O)[C@H](CCC(=O)NC[C@H](O)[C@@H](O)[C@H](O)[C@H](O)CO)CC(=O)CCSCC1c2ccccc2-c2ccccc21)C(=O)O.Nc1nc2[nH]c(CCCc3ccc(C(=O)C[C@@H](CCC(=O)OCCSSc4ccccn4)C(=O)O)s3)cc2c(=O)[nH]1. The van der Waals surface area contributed by atoms with Gasteiger partial charge in [-0.05, 0) is 135 Å². The second kappa shape index (κ2) is 63.2. The number of anilines is 1. The molecule has 52 heteroatoms. The Kier molecular flexibility index (Phi) is 53.7. The molecule has 0 radical (unpaired) electrons. The number of esters is 1. The summed E-state index contributed by atoms with van der Waals surface area (Å²) in [6, 6.07) is 21.0. The predicted octanol–water partition coefficient (Wildman–Crippen LogP) is -1.88. The number of aliphatic hydroxyl groups excluding tert-OH is 15. The normalized spacial score (nSPS) is 15.8. The highest BCUT2D eigenvalue weighted by Crippen LogP contribution is 2.46. The fourth-order valence-corrected chi connectivity index (χ4v) is 19.4. The molecule has 19 atom stereocenters. The fourth-order valence-electron chi connectivity index (χ4n) is 15.4. The molecular weight excluding hydrogens is 2030 g/mol. The van der Waals surface area contributed by atoms with Crippen LogP contribution < -0.4 is 43.2 Å². The summed E-state index contributed by atoms with van der Waals surface area (Å²) in [5, 5.41) is 203. The van der Waals surface area contributed by atoms with Gasteiger partial charge in [0.05, 0.1) is 66.4 Å². The smallest absolute Gasteiger partial charge is 0.327 e. The Labute approximate surface area is 864 Å². The zero-order valence-corrected chi connectivity index (χ0v) is 84.6. The molecule has 7 rings (SSSR count). The number of nitrogens with zero attached hydrogens (tertiary/aromatic N) is 2. The van der Waals surface area contributed by atoms with Gasteiger partial charge in [0.25, 0.3) is 5.56 Å². The molecule has 0 bridgehead atoms. The molecule has 812 valence electrons. The molecule has 6 amide bonds. The van der Waals surface area contributed by atoms with E-state index in [2.05, 4.69) is 64.5 Å². The Morgan fingerprint density at radius 2 is 0.966 bits per heavy atom. The molecule has 47 nitrogen and oxygen atoms in total. The number of aromatic amines is 2. The van der Waals surface area contributed by atoms with Crippen molar-refractivity contribution in [2.24, 2.45) is 23.7 Å². The van der Waals surface area contributed by atoms with Gasteiger partial charge in [-0.25, -0.2) is 9.78 Å².